The highest BCUT2D eigenvalue weighted by atomic mass is 35.5. The molecule has 1 aliphatic rings. The highest BCUT2D eigenvalue weighted by molar-refractivity contribution is 6.30. The molecule has 20 heavy (non-hydrogen) atoms. The summed E-state index contributed by atoms with van der Waals surface area (Å²) in [5.74, 6) is 1.03. The first kappa shape index (κ1) is 15.1. The van der Waals surface area contributed by atoms with Crippen LogP contribution < -0.4 is 10.1 Å². The number of rotatable bonds is 6. The van der Waals surface area contributed by atoms with Gasteiger partial charge < -0.3 is 14.8 Å². The summed E-state index contributed by atoms with van der Waals surface area (Å²) in [5, 5.41) is 3.47. The minimum atomic E-state index is -0.124. The molecule has 0 aromatic heterocycles. The quantitative estimate of drug-likeness (QED) is 0.821. The van der Waals surface area contributed by atoms with Crippen molar-refractivity contribution in [3.05, 3.63) is 28.8 Å². The van der Waals surface area contributed by atoms with Gasteiger partial charge in [0.05, 0.1) is 12.7 Å². The molecule has 2 rings (SSSR count). The first-order valence-corrected chi connectivity index (χ1v) is 7.28. The van der Waals surface area contributed by atoms with Gasteiger partial charge in [-0.2, -0.15) is 0 Å². The number of nitrogens with one attached hydrogen (secondary N) is 1. The van der Waals surface area contributed by atoms with Crippen molar-refractivity contribution < 1.29 is 14.3 Å². The molecule has 0 bridgehead atoms. The lowest BCUT2D eigenvalue weighted by atomic mass is 10.0. The van der Waals surface area contributed by atoms with E-state index in [2.05, 4.69) is 5.32 Å². The van der Waals surface area contributed by atoms with Crippen LogP contribution in [-0.2, 0) is 4.74 Å². The Bertz CT molecular complexity index is 458. The predicted molar refractivity (Wildman–Crippen MR) is 78.5 cm³/mol. The van der Waals surface area contributed by atoms with E-state index in [1.807, 2.05) is 0 Å². The van der Waals surface area contributed by atoms with Gasteiger partial charge in [-0.15, -0.1) is 0 Å². The SMILES string of the molecule is COc1cc(Cl)ccc1C(=O)NCCC[C@H]1CCOC1. The first-order chi connectivity index (χ1) is 9.70. The summed E-state index contributed by atoms with van der Waals surface area (Å²) < 4.78 is 10.5. The minimum absolute atomic E-state index is 0.124. The van der Waals surface area contributed by atoms with Crippen LogP contribution in [0.4, 0.5) is 0 Å². The molecular weight excluding hydrogens is 278 g/mol. The zero-order valence-electron chi connectivity index (χ0n) is 11.7. The molecule has 1 fully saturated rings. The van der Waals surface area contributed by atoms with Gasteiger partial charge in [-0.3, -0.25) is 4.79 Å². The third-order valence-electron chi connectivity index (χ3n) is 3.51. The highest BCUT2D eigenvalue weighted by Crippen LogP contribution is 2.23. The largest absolute Gasteiger partial charge is 0.496 e. The Labute approximate surface area is 124 Å². The average molecular weight is 298 g/mol. The van der Waals surface area contributed by atoms with Crippen LogP contribution in [0.2, 0.25) is 5.02 Å². The van der Waals surface area contributed by atoms with Crippen LogP contribution in [0.15, 0.2) is 18.2 Å². The lowest BCUT2D eigenvalue weighted by molar-refractivity contribution is 0.0949. The Morgan fingerprint density at radius 2 is 2.40 bits per heavy atom. The average Bonchev–Trinajstić information content (AvgIpc) is 2.96. The first-order valence-electron chi connectivity index (χ1n) is 6.90. The van der Waals surface area contributed by atoms with Crippen molar-refractivity contribution >= 4 is 17.5 Å². The van der Waals surface area contributed by atoms with Gasteiger partial charge in [0.1, 0.15) is 5.75 Å². The van der Waals surface area contributed by atoms with Crippen molar-refractivity contribution in [2.75, 3.05) is 26.9 Å². The molecule has 1 atom stereocenters. The molecule has 0 spiro atoms. The fraction of sp³-hybridized carbons (Fsp3) is 0.533. The van der Waals surface area contributed by atoms with Crippen LogP contribution in [0.25, 0.3) is 0 Å². The van der Waals surface area contributed by atoms with Crippen molar-refractivity contribution in [2.45, 2.75) is 19.3 Å². The van der Waals surface area contributed by atoms with E-state index < -0.39 is 0 Å². The minimum Gasteiger partial charge on any atom is -0.496 e. The highest BCUT2D eigenvalue weighted by Gasteiger charge is 2.16. The number of methoxy groups -OCH3 is 1. The van der Waals surface area contributed by atoms with Crippen molar-refractivity contribution in [3.8, 4) is 5.75 Å². The van der Waals surface area contributed by atoms with E-state index in [-0.39, 0.29) is 5.91 Å². The van der Waals surface area contributed by atoms with E-state index in [1.54, 1.807) is 18.2 Å². The standard InChI is InChI=1S/C15H20ClNO3/c1-19-14-9-12(16)4-5-13(14)15(18)17-7-2-3-11-6-8-20-10-11/h4-5,9,11H,2-3,6-8,10H2,1H3,(H,17,18)/t11-/m0/s1. The molecule has 0 aliphatic carbocycles. The van der Waals surface area contributed by atoms with Crippen LogP contribution in [0.5, 0.6) is 5.75 Å². The maximum Gasteiger partial charge on any atom is 0.255 e. The summed E-state index contributed by atoms with van der Waals surface area (Å²) in [6, 6.07) is 5.02. The van der Waals surface area contributed by atoms with Gasteiger partial charge in [-0.05, 0) is 43.4 Å². The maximum absolute atomic E-state index is 12.1. The second-order valence-corrected chi connectivity index (χ2v) is 5.41. The van der Waals surface area contributed by atoms with Crippen LogP contribution in [0.3, 0.4) is 0 Å². The van der Waals surface area contributed by atoms with Gasteiger partial charge in [0.25, 0.3) is 5.91 Å². The van der Waals surface area contributed by atoms with Gasteiger partial charge in [0.2, 0.25) is 0 Å². The second-order valence-electron chi connectivity index (χ2n) is 4.97. The molecule has 0 unspecified atom stereocenters. The molecule has 1 saturated heterocycles. The number of halogens is 1. The van der Waals surface area contributed by atoms with Crippen molar-refractivity contribution in [1.29, 1.82) is 0 Å². The normalized spacial score (nSPS) is 18.0. The van der Waals surface area contributed by atoms with Gasteiger partial charge in [0.15, 0.2) is 0 Å². The van der Waals surface area contributed by atoms with Gasteiger partial charge in [-0.1, -0.05) is 11.6 Å². The Morgan fingerprint density at radius 3 is 3.10 bits per heavy atom. The number of carbonyl (C=O) groups excluding carboxylic acids is 1. The van der Waals surface area contributed by atoms with E-state index in [9.17, 15) is 4.79 Å². The molecule has 1 aliphatic heterocycles. The van der Waals surface area contributed by atoms with Gasteiger partial charge in [0, 0.05) is 24.8 Å². The summed E-state index contributed by atoms with van der Waals surface area (Å²) in [6.07, 6.45) is 3.20. The summed E-state index contributed by atoms with van der Waals surface area (Å²) in [4.78, 5) is 12.1. The zero-order valence-corrected chi connectivity index (χ0v) is 12.4. The summed E-state index contributed by atoms with van der Waals surface area (Å²) in [5.41, 5.74) is 0.515. The lowest BCUT2D eigenvalue weighted by Gasteiger charge is -2.11. The number of amides is 1. The molecule has 0 radical (unpaired) electrons. The smallest absolute Gasteiger partial charge is 0.255 e. The summed E-state index contributed by atoms with van der Waals surface area (Å²) >= 11 is 5.88. The number of ether oxygens (including phenoxy) is 2. The number of hydrogen-bond donors (Lipinski definition) is 1. The molecule has 0 saturated carbocycles. The van der Waals surface area contributed by atoms with E-state index in [4.69, 9.17) is 21.1 Å². The molecule has 1 N–H and O–H groups in total. The van der Waals surface area contributed by atoms with E-state index in [0.717, 1.165) is 32.5 Å². The number of benzene rings is 1. The molecule has 110 valence electrons. The molecule has 1 aromatic rings. The molecule has 1 aromatic carbocycles. The maximum atomic E-state index is 12.1. The summed E-state index contributed by atoms with van der Waals surface area (Å²) in [7, 11) is 1.53. The van der Waals surface area contributed by atoms with E-state index >= 15 is 0 Å². The second kappa shape index (κ2) is 7.50. The topological polar surface area (TPSA) is 47.6 Å². The Morgan fingerprint density at radius 1 is 1.55 bits per heavy atom. The van der Waals surface area contributed by atoms with Gasteiger partial charge in [-0.25, -0.2) is 0 Å². The Hall–Kier alpha value is -1.26. The molecular formula is C15H20ClNO3. The zero-order chi connectivity index (χ0) is 14.4. The fourth-order valence-electron chi connectivity index (χ4n) is 2.35. The van der Waals surface area contributed by atoms with E-state index in [1.165, 1.54) is 7.11 Å². The Balaban J connectivity index is 1.79. The van der Waals surface area contributed by atoms with Crippen LogP contribution in [0, 0.1) is 5.92 Å². The van der Waals surface area contributed by atoms with Crippen LogP contribution >= 0.6 is 11.6 Å². The van der Waals surface area contributed by atoms with Crippen LogP contribution in [0.1, 0.15) is 29.6 Å². The third kappa shape index (κ3) is 4.12. The lowest BCUT2D eigenvalue weighted by Crippen LogP contribution is -2.25. The van der Waals surface area contributed by atoms with Crippen LogP contribution in [-0.4, -0.2) is 32.8 Å². The molecule has 1 amide bonds. The molecule has 1 heterocycles. The monoisotopic (exact) mass is 297 g/mol. The van der Waals surface area contributed by atoms with Crippen molar-refractivity contribution in [3.63, 3.8) is 0 Å². The number of carbonyl (C=O) groups is 1. The molecule has 4 nitrogen and oxygen atoms in total. The molecule has 5 heteroatoms. The Kier molecular flexibility index (Phi) is 5.68. The van der Waals surface area contributed by atoms with E-state index in [0.29, 0.717) is 28.8 Å². The van der Waals surface area contributed by atoms with Crippen molar-refractivity contribution in [2.24, 2.45) is 5.92 Å². The number of hydrogen-bond acceptors (Lipinski definition) is 3. The fourth-order valence-corrected chi connectivity index (χ4v) is 2.51. The predicted octanol–water partition coefficient (Wildman–Crippen LogP) is 2.90. The third-order valence-corrected chi connectivity index (χ3v) is 3.74. The van der Waals surface area contributed by atoms with Gasteiger partial charge >= 0.3 is 0 Å². The summed E-state index contributed by atoms with van der Waals surface area (Å²) in [6.45, 7) is 2.40. The van der Waals surface area contributed by atoms with Crippen molar-refractivity contribution in [1.82, 2.24) is 5.32 Å².